The third-order valence-electron chi connectivity index (χ3n) is 4.01. The Hall–Kier alpha value is -3.11. The van der Waals surface area contributed by atoms with Gasteiger partial charge in [-0.25, -0.2) is 14.3 Å². The van der Waals surface area contributed by atoms with Gasteiger partial charge in [-0.05, 0) is 53.2 Å². The summed E-state index contributed by atoms with van der Waals surface area (Å²) < 4.78 is 33.4. The highest BCUT2D eigenvalue weighted by Gasteiger charge is 2.17. The van der Waals surface area contributed by atoms with Crippen LogP contribution in [0.5, 0.6) is 5.88 Å². The van der Waals surface area contributed by atoms with Gasteiger partial charge in [-0.2, -0.15) is 4.98 Å². The largest absolute Gasteiger partial charge is 0.472 e. The molecular formula is C19H14BrF2N3O4. The van der Waals surface area contributed by atoms with Crippen LogP contribution in [-0.4, -0.2) is 20.7 Å². The Kier molecular flexibility index (Phi) is 6.04. The predicted molar refractivity (Wildman–Crippen MR) is 102 cm³/mol. The molecule has 0 saturated heterocycles. The van der Waals surface area contributed by atoms with E-state index >= 15 is 0 Å². The molecule has 150 valence electrons. The van der Waals surface area contributed by atoms with Crippen molar-refractivity contribution in [2.45, 2.75) is 13.5 Å². The van der Waals surface area contributed by atoms with Crippen molar-refractivity contribution in [2.75, 3.05) is 0 Å². The van der Waals surface area contributed by atoms with Gasteiger partial charge in [0.25, 0.3) is 11.5 Å². The van der Waals surface area contributed by atoms with Gasteiger partial charge in [0, 0.05) is 17.2 Å². The first kappa shape index (κ1) is 20.6. The lowest BCUT2D eigenvalue weighted by molar-refractivity contribution is 0.0706. The van der Waals surface area contributed by atoms with Gasteiger partial charge in [0.05, 0.1) is 5.69 Å². The fourth-order valence-corrected chi connectivity index (χ4v) is 3.00. The standard InChI is InChI=1S/C19H14BrF2N3O4/c1-10-23-18(29-9-12-5-6-13(21)8-15(12)22)16(20)19(27)25(10)14-4-2-3-11(7-14)17(26)24-28/h2-8,28H,9H2,1H3,(H,24,26). The second-order valence-electron chi connectivity index (χ2n) is 5.93. The zero-order valence-electron chi connectivity index (χ0n) is 14.9. The SMILES string of the molecule is Cc1nc(OCc2ccc(F)cc2F)c(Br)c(=O)n1-c1cccc(C(=O)NO)c1. The van der Waals surface area contributed by atoms with Crippen molar-refractivity contribution in [3.63, 3.8) is 0 Å². The summed E-state index contributed by atoms with van der Waals surface area (Å²) in [5.41, 5.74) is 1.59. The first-order chi connectivity index (χ1) is 13.8. The summed E-state index contributed by atoms with van der Waals surface area (Å²) in [7, 11) is 0. The van der Waals surface area contributed by atoms with Crippen LogP contribution < -0.4 is 15.8 Å². The van der Waals surface area contributed by atoms with Crippen LogP contribution in [0.25, 0.3) is 5.69 Å². The maximum atomic E-state index is 13.8. The van der Waals surface area contributed by atoms with Crippen molar-refractivity contribution in [1.29, 1.82) is 0 Å². The molecule has 29 heavy (non-hydrogen) atoms. The van der Waals surface area contributed by atoms with E-state index in [0.717, 1.165) is 12.1 Å². The number of benzene rings is 2. The van der Waals surface area contributed by atoms with Gasteiger partial charge < -0.3 is 4.74 Å². The monoisotopic (exact) mass is 465 g/mol. The Morgan fingerprint density at radius 3 is 2.72 bits per heavy atom. The lowest BCUT2D eigenvalue weighted by Crippen LogP contribution is -2.24. The Balaban J connectivity index is 1.95. The van der Waals surface area contributed by atoms with Crippen LogP contribution in [0, 0.1) is 18.6 Å². The molecule has 0 saturated carbocycles. The van der Waals surface area contributed by atoms with Gasteiger partial charge in [0.2, 0.25) is 5.88 Å². The third-order valence-corrected chi connectivity index (χ3v) is 4.69. The molecule has 0 fully saturated rings. The molecule has 2 aromatic carbocycles. The van der Waals surface area contributed by atoms with Gasteiger partial charge in [-0.1, -0.05) is 6.07 Å². The number of hydroxylamine groups is 1. The van der Waals surface area contributed by atoms with E-state index in [-0.39, 0.29) is 33.9 Å². The molecule has 0 bridgehead atoms. The Bertz CT molecular complexity index is 1150. The van der Waals surface area contributed by atoms with Crippen LogP contribution in [0.4, 0.5) is 8.78 Å². The summed E-state index contributed by atoms with van der Waals surface area (Å²) in [5.74, 6) is -2.02. The number of aromatic nitrogens is 2. The lowest BCUT2D eigenvalue weighted by Gasteiger charge is -2.14. The van der Waals surface area contributed by atoms with Crippen molar-refractivity contribution < 1.29 is 23.5 Å². The van der Waals surface area contributed by atoms with Gasteiger partial charge in [-0.3, -0.25) is 19.4 Å². The summed E-state index contributed by atoms with van der Waals surface area (Å²) in [4.78, 5) is 28.6. The number of aryl methyl sites for hydroxylation is 1. The molecule has 0 spiro atoms. The van der Waals surface area contributed by atoms with Gasteiger partial charge in [-0.15, -0.1) is 0 Å². The molecule has 0 aliphatic carbocycles. The van der Waals surface area contributed by atoms with E-state index in [2.05, 4.69) is 20.9 Å². The highest BCUT2D eigenvalue weighted by Crippen LogP contribution is 2.22. The van der Waals surface area contributed by atoms with Crippen molar-refractivity contribution in [3.8, 4) is 11.6 Å². The minimum atomic E-state index is -0.773. The Morgan fingerprint density at radius 1 is 1.28 bits per heavy atom. The number of hydrogen-bond donors (Lipinski definition) is 2. The zero-order chi connectivity index (χ0) is 21.1. The summed E-state index contributed by atoms with van der Waals surface area (Å²) in [6, 6.07) is 9.08. The van der Waals surface area contributed by atoms with Crippen LogP contribution in [0.3, 0.4) is 0 Å². The minimum absolute atomic E-state index is 0.0115. The van der Waals surface area contributed by atoms with Gasteiger partial charge in [0.1, 0.15) is 28.5 Å². The number of carbonyl (C=O) groups excluding carboxylic acids is 1. The van der Waals surface area contributed by atoms with Gasteiger partial charge in [0.15, 0.2) is 0 Å². The molecule has 0 radical (unpaired) electrons. The number of halogens is 3. The van der Waals surface area contributed by atoms with Crippen molar-refractivity contribution >= 4 is 21.8 Å². The smallest absolute Gasteiger partial charge is 0.276 e. The highest BCUT2D eigenvalue weighted by molar-refractivity contribution is 9.10. The van der Waals surface area contributed by atoms with Crippen LogP contribution in [0.1, 0.15) is 21.7 Å². The van der Waals surface area contributed by atoms with E-state index in [1.54, 1.807) is 19.1 Å². The summed E-state index contributed by atoms with van der Waals surface area (Å²) in [5, 5.41) is 8.78. The molecule has 2 N–H and O–H groups in total. The van der Waals surface area contributed by atoms with Crippen LogP contribution in [-0.2, 0) is 6.61 Å². The Labute approximate surface area is 171 Å². The number of nitrogens with zero attached hydrogens (tertiary/aromatic N) is 2. The number of ether oxygens (including phenoxy) is 1. The fraction of sp³-hybridized carbons (Fsp3) is 0.105. The highest BCUT2D eigenvalue weighted by atomic mass is 79.9. The number of nitrogens with one attached hydrogen (secondary N) is 1. The first-order valence-electron chi connectivity index (χ1n) is 8.22. The molecular weight excluding hydrogens is 452 g/mol. The molecule has 0 atom stereocenters. The van der Waals surface area contributed by atoms with E-state index in [1.165, 1.54) is 28.2 Å². The number of amides is 1. The van der Waals surface area contributed by atoms with Crippen LogP contribution in [0.2, 0.25) is 0 Å². The van der Waals surface area contributed by atoms with E-state index in [0.29, 0.717) is 5.69 Å². The first-order valence-corrected chi connectivity index (χ1v) is 9.02. The third kappa shape index (κ3) is 4.33. The average molecular weight is 466 g/mol. The lowest BCUT2D eigenvalue weighted by atomic mass is 10.2. The molecule has 0 unspecified atom stereocenters. The van der Waals surface area contributed by atoms with E-state index in [1.807, 2.05) is 0 Å². The second kappa shape index (κ2) is 8.50. The molecule has 0 aliphatic heterocycles. The minimum Gasteiger partial charge on any atom is -0.472 e. The number of carbonyl (C=O) groups is 1. The molecule has 3 aromatic rings. The topological polar surface area (TPSA) is 93.5 Å². The predicted octanol–water partition coefficient (Wildman–Crippen LogP) is 3.28. The molecule has 10 heteroatoms. The normalized spacial score (nSPS) is 10.7. The summed E-state index contributed by atoms with van der Waals surface area (Å²) in [6.45, 7) is 1.30. The van der Waals surface area contributed by atoms with Gasteiger partial charge >= 0.3 is 0 Å². The van der Waals surface area contributed by atoms with E-state index in [4.69, 9.17) is 9.94 Å². The van der Waals surface area contributed by atoms with Crippen molar-refractivity contribution in [2.24, 2.45) is 0 Å². The summed E-state index contributed by atoms with van der Waals surface area (Å²) in [6.07, 6.45) is 0. The molecule has 1 amide bonds. The average Bonchev–Trinajstić information content (AvgIpc) is 2.70. The molecule has 0 aliphatic rings. The molecule has 1 heterocycles. The second-order valence-corrected chi connectivity index (χ2v) is 6.73. The zero-order valence-corrected chi connectivity index (χ0v) is 16.5. The quantitative estimate of drug-likeness (QED) is 0.445. The van der Waals surface area contributed by atoms with Crippen LogP contribution in [0.15, 0.2) is 51.7 Å². The fourth-order valence-electron chi connectivity index (χ4n) is 2.62. The maximum absolute atomic E-state index is 13.8. The summed E-state index contributed by atoms with van der Waals surface area (Å²) >= 11 is 3.13. The Morgan fingerprint density at radius 2 is 2.03 bits per heavy atom. The maximum Gasteiger partial charge on any atom is 0.276 e. The number of rotatable bonds is 5. The number of hydrogen-bond acceptors (Lipinski definition) is 5. The molecule has 7 nitrogen and oxygen atoms in total. The van der Waals surface area contributed by atoms with Crippen molar-refractivity contribution in [3.05, 3.63) is 85.9 Å². The van der Waals surface area contributed by atoms with E-state index in [9.17, 15) is 18.4 Å². The molecule has 3 rings (SSSR count). The van der Waals surface area contributed by atoms with E-state index < -0.39 is 23.1 Å². The van der Waals surface area contributed by atoms with Crippen molar-refractivity contribution in [1.82, 2.24) is 15.0 Å². The van der Waals surface area contributed by atoms with Crippen LogP contribution >= 0.6 is 15.9 Å². The molecule has 1 aromatic heterocycles.